The molecule has 0 atom stereocenters. The Balaban J connectivity index is 1.58. The summed E-state index contributed by atoms with van der Waals surface area (Å²) in [6.45, 7) is 6.59. The lowest BCUT2D eigenvalue weighted by Gasteiger charge is -2.32. The van der Waals surface area contributed by atoms with Crippen molar-refractivity contribution in [3.05, 3.63) is 30.3 Å². The highest BCUT2D eigenvalue weighted by molar-refractivity contribution is 5.74. The summed E-state index contributed by atoms with van der Waals surface area (Å²) in [5.41, 5.74) is 0. The molecule has 2 amide bonds. The van der Waals surface area contributed by atoms with Crippen molar-refractivity contribution < 1.29 is 14.3 Å². The maximum absolute atomic E-state index is 11.9. The average Bonchev–Trinajstić information content (AvgIpc) is 2.52. The Morgan fingerprint density at radius 3 is 2.55 bits per heavy atom. The SMILES string of the molecule is CC(C)NC(=O)N1CCC(OCCOc2ccccc2)CC1. The molecular formula is C17H26N2O3. The van der Waals surface area contributed by atoms with Crippen molar-refractivity contribution in [1.29, 1.82) is 0 Å². The van der Waals surface area contributed by atoms with Gasteiger partial charge in [-0.2, -0.15) is 0 Å². The van der Waals surface area contributed by atoms with E-state index in [4.69, 9.17) is 9.47 Å². The van der Waals surface area contributed by atoms with Gasteiger partial charge in [-0.3, -0.25) is 0 Å². The van der Waals surface area contributed by atoms with Gasteiger partial charge in [-0.15, -0.1) is 0 Å². The number of rotatable bonds is 6. The van der Waals surface area contributed by atoms with E-state index in [1.807, 2.05) is 49.1 Å². The highest BCUT2D eigenvalue weighted by atomic mass is 16.5. The van der Waals surface area contributed by atoms with Crippen molar-refractivity contribution >= 4 is 6.03 Å². The number of para-hydroxylation sites is 1. The molecule has 0 saturated carbocycles. The van der Waals surface area contributed by atoms with Crippen LogP contribution in [0.4, 0.5) is 4.79 Å². The monoisotopic (exact) mass is 306 g/mol. The summed E-state index contributed by atoms with van der Waals surface area (Å²) in [5, 5.41) is 2.92. The van der Waals surface area contributed by atoms with E-state index in [0.717, 1.165) is 31.7 Å². The van der Waals surface area contributed by atoms with Gasteiger partial charge in [-0.25, -0.2) is 4.79 Å². The Bertz CT molecular complexity index is 442. The molecule has 0 spiro atoms. The summed E-state index contributed by atoms with van der Waals surface area (Å²) >= 11 is 0. The average molecular weight is 306 g/mol. The molecular weight excluding hydrogens is 280 g/mol. The van der Waals surface area contributed by atoms with E-state index in [0.29, 0.717) is 13.2 Å². The molecule has 0 aromatic heterocycles. The third kappa shape index (κ3) is 5.56. The van der Waals surface area contributed by atoms with Gasteiger partial charge in [0.15, 0.2) is 0 Å². The van der Waals surface area contributed by atoms with Crippen LogP contribution in [0.2, 0.25) is 0 Å². The molecule has 1 N–H and O–H groups in total. The summed E-state index contributed by atoms with van der Waals surface area (Å²) in [7, 11) is 0. The van der Waals surface area contributed by atoms with Gasteiger partial charge in [0.1, 0.15) is 12.4 Å². The van der Waals surface area contributed by atoms with Gasteiger partial charge in [0.2, 0.25) is 0 Å². The van der Waals surface area contributed by atoms with Crippen LogP contribution in [0, 0.1) is 0 Å². The highest BCUT2D eigenvalue weighted by Crippen LogP contribution is 2.14. The Labute approximate surface area is 132 Å². The first-order valence-electron chi connectivity index (χ1n) is 8.00. The van der Waals surface area contributed by atoms with E-state index in [-0.39, 0.29) is 18.2 Å². The zero-order valence-electron chi connectivity index (χ0n) is 13.5. The number of hydrogen-bond acceptors (Lipinski definition) is 3. The summed E-state index contributed by atoms with van der Waals surface area (Å²) in [5.74, 6) is 0.867. The first-order valence-corrected chi connectivity index (χ1v) is 8.00. The summed E-state index contributed by atoms with van der Waals surface area (Å²) in [6, 6.07) is 9.95. The fraction of sp³-hybridized carbons (Fsp3) is 0.588. The Kier molecular flexibility index (Phi) is 6.52. The number of piperidine rings is 1. The van der Waals surface area contributed by atoms with E-state index in [1.165, 1.54) is 0 Å². The Morgan fingerprint density at radius 1 is 1.23 bits per heavy atom. The molecule has 1 heterocycles. The van der Waals surface area contributed by atoms with Gasteiger partial charge in [-0.1, -0.05) is 18.2 Å². The van der Waals surface area contributed by atoms with Crippen LogP contribution in [0.1, 0.15) is 26.7 Å². The second-order valence-electron chi connectivity index (χ2n) is 5.82. The Hall–Kier alpha value is -1.75. The number of urea groups is 1. The van der Waals surface area contributed by atoms with Gasteiger partial charge in [0.05, 0.1) is 12.7 Å². The first kappa shape index (κ1) is 16.6. The molecule has 1 aromatic rings. The molecule has 22 heavy (non-hydrogen) atoms. The van der Waals surface area contributed by atoms with Gasteiger partial charge >= 0.3 is 6.03 Å². The van der Waals surface area contributed by atoms with Crippen LogP contribution in [-0.2, 0) is 4.74 Å². The van der Waals surface area contributed by atoms with Crippen molar-refractivity contribution in [2.45, 2.75) is 38.8 Å². The summed E-state index contributed by atoms with van der Waals surface area (Å²) in [4.78, 5) is 13.7. The quantitative estimate of drug-likeness (QED) is 0.822. The maximum atomic E-state index is 11.9. The molecule has 0 bridgehead atoms. The van der Waals surface area contributed by atoms with Crippen LogP contribution in [0.5, 0.6) is 5.75 Å². The number of nitrogens with zero attached hydrogens (tertiary/aromatic N) is 1. The number of ether oxygens (including phenoxy) is 2. The lowest BCUT2D eigenvalue weighted by molar-refractivity contribution is 0.00179. The molecule has 122 valence electrons. The zero-order valence-corrected chi connectivity index (χ0v) is 13.5. The smallest absolute Gasteiger partial charge is 0.317 e. The van der Waals surface area contributed by atoms with Crippen molar-refractivity contribution in [2.75, 3.05) is 26.3 Å². The minimum absolute atomic E-state index is 0.0286. The van der Waals surface area contributed by atoms with Gasteiger partial charge in [-0.05, 0) is 38.8 Å². The molecule has 5 heteroatoms. The molecule has 1 saturated heterocycles. The van der Waals surface area contributed by atoms with E-state index in [2.05, 4.69) is 5.32 Å². The van der Waals surface area contributed by atoms with Gasteiger partial charge in [0.25, 0.3) is 0 Å². The second kappa shape index (κ2) is 8.63. The molecule has 0 radical (unpaired) electrons. The van der Waals surface area contributed by atoms with E-state index < -0.39 is 0 Å². The third-order valence-corrected chi connectivity index (χ3v) is 3.59. The number of benzene rings is 1. The molecule has 1 aliphatic heterocycles. The van der Waals surface area contributed by atoms with Crippen LogP contribution in [0.15, 0.2) is 30.3 Å². The normalized spacial score (nSPS) is 15.9. The number of amides is 2. The lowest BCUT2D eigenvalue weighted by atomic mass is 10.1. The van der Waals surface area contributed by atoms with Crippen LogP contribution in [0.3, 0.4) is 0 Å². The number of hydrogen-bond donors (Lipinski definition) is 1. The summed E-state index contributed by atoms with van der Waals surface area (Å²) in [6.07, 6.45) is 2.00. The molecule has 1 aliphatic rings. The molecule has 5 nitrogen and oxygen atoms in total. The number of likely N-dealkylation sites (tertiary alicyclic amines) is 1. The molecule has 0 aliphatic carbocycles. The van der Waals surface area contributed by atoms with Gasteiger partial charge < -0.3 is 19.7 Å². The fourth-order valence-electron chi connectivity index (χ4n) is 2.45. The second-order valence-corrected chi connectivity index (χ2v) is 5.82. The van der Waals surface area contributed by atoms with Gasteiger partial charge in [0, 0.05) is 19.1 Å². The van der Waals surface area contributed by atoms with E-state index >= 15 is 0 Å². The predicted molar refractivity (Wildman–Crippen MR) is 86.2 cm³/mol. The standard InChI is InChI=1S/C17H26N2O3/c1-14(2)18-17(20)19-10-8-16(9-11-19)22-13-12-21-15-6-4-3-5-7-15/h3-7,14,16H,8-13H2,1-2H3,(H,18,20). The fourth-order valence-corrected chi connectivity index (χ4v) is 2.45. The van der Waals surface area contributed by atoms with E-state index in [9.17, 15) is 4.79 Å². The minimum atomic E-state index is 0.0286. The molecule has 2 rings (SSSR count). The third-order valence-electron chi connectivity index (χ3n) is 3.59. The topological polar surface area (TPSA) is 50.8 Å². The number of nitrogens with one attached hydrogen (secondary N) is 1. The molecule has 0 unspecified atom stereocenters. The van der Waals surface area contributed by atoms with Crippen molar-refractivity contribution in [3.8, 4) is 5.75 Å². The van der Waals surface area contributed by atoms with Crippen LogP contribution < -0.4 is 10.1 Å². The predicted octanol–water partition coefficient (Wildman–Crippen LogP) is 2.66. The van der Waals surface area contributed by atoms with Crippen molar-refractivity contribution in [3.63, 3.8) is 0 Å². The van der Waals surface area contributed by atoms with Crippen LogP contribution in [-0.4, -0.2) is 49.4 Å². The first-order chi connectivity index (χ1) is 10.6. The van der Waals surface area contributed by atoms with Crippen molar-refractivity contribution in [2.24, 2.45) is 0 Å². The molecule has 1 fully saturated rings. The van der Waals surface area contributed by atoms with Crippen molar-refractivity contribution in [1.82, 2.24) is 10.2 Å². The number of carbonyl (C=O) groups excluding carboxylic acids is 1. The molecule has 1 aromatic carbocycles. The minimum Gasteiger partial charge on any atom is -0.491 e. The highest BCUT2D eigenvalue weighted by Gasteiger charge is 2.23. The Morgan fingerprint density at radius 2 is 1.91 bits per heavy atom. The maximum Gasteiger partial charge on any atom is 0.317 e. The lowest BCUT2D eigenvalue weighted by Crippen LogP contribution is -2.47. The zero-order chi connectivity index (χ0) is 15.8. The van der Waals surface area contributed by atoms with Crippen LogP contribution >= 0.6 is 0 Å². The van der Waals surface area contributed by atoms with Crippen LogP contribution in [0.25, 0.3) is 0 Å². The summed E-state index contributed by atoms with van der Waals surface area (Å²) < 4.78 is 11.4. The van der Waals surface area contributed by atoms with E-state index in [1.54, 1.807) is 0 Å². The largest absolute Gasteiger partial charge is 0.491 e. The number of carbonyl (C=O) groups is 1.